The molecule has 0 bridgehead atoms. The molecule has 0 unspecified atom stereocenters. The average molecular weight is 407 g/mol. The van der Waals surface area contributed by atoms with E-state index in [1.165, 1.54) is 0 Å². The van der Waals surface area contributed by atoms with Crippen LogP contribution in [0.5, 0.6) is 5.75 Å². The molecule has 1 amide bonds. The number of ether oxygens (including phenoxy) is 1. The first-order valence-corrected chi connectivity index (χ1v) is 9.84. The second kappa shape index (κ2) is 9.50. The van der Waals surface area contributed by atoms with Gasteiger partial charge in [-0.1, -0.05) is 54.6 Å². The van der Waals surface area contributed by atoms with Gasteiger partial charge in [0.05, 0.1) is 23.9 Å². The highest BCUT2D eigenvalue weighted by Gasteiger charge is 2.13. The van der Waals surface area contributed by atoms with Gasteiger partial charge < -0.3 is 4.74 Å². The first kappa shape index (κ1) is 20.0. The van der Waals surface area contributed by atoms with Crippen LogP contribution in [0.2, 0.25) is 0 Å². The summed E-state index contributed by atoms with van der Waals surface area (Å²) in [5.41, 5.74) is 6.53. The molecule has 1 heterocycles. The van der Waals surface area contributed by atoms with Gasteiger partial charge in [0.1, 0.15) is 5.75 Å². The fourth-order valence-corrected chi connectivity index (χ4v) is 3.19. The number of nitrogens with one attached hydrogen (secondary N) is 1. The molecule has 0 aliphatic rings. The molecule has 31 heavy (non-hydrogen) atoms. The fourth-order valence-electron chi connectivity index (χ4n) is 3.19. The lowest BCUT2D eigenvalue weighted by Gasteiger charge is -2.09. The maximum atomic E-state index is 12.9. The minimum atomic E-state index is -0.294. The molecule has 4 aromatic rings. The molecule has 4 rings (SSSR count). The van der Waals surface area contributed by atoms with E-state index in [1.807, 2.05) is 84.9 Å². The predicted octanol–water partition coefficient (Wildman–Crippen LogP) is 5.34. The number of pyridine rings is 1. The van der Waals surface area contributed by atoms with Crippen molar-refractivity contribution in [3.05, 3.63) is 102 Å². The highest BCUT2D eigenvalue weighted by Crippen LogP contribution is 2.26. The van der Waals surface area contributed by atoms with E-state index in [4.69, 9.17) is 9.72 Å². The molecule has 5 nitrogen and oxygen atoms in total. The van der Waals surface area contributed by atoms with Gasteiger partial charge in [-0.05, 0) is 48.0 Å². The number of benzene rings is 3. The number of aromatic nitrogens is 1. The van der Waals surface area contributed by atoms with Gasteiger partial charge in [-0.25, -0.2) is 10.4 Å². The minimum absolute atomic E-state index is 0.294. The van der Waals surface area contributed by atoms with Crippen LogP contribution in [0, 0.1) is 0 Å². The lowest BCUT2D eigenvalue weighted by Crippen LogP contribution is -2.18. The lowest BCUT2D eigenvalue weighted by molar-refractivity contribution is 0.0957. The Morgan fingerprint density at radius 1 is 0.968 bits per heavy atom. The van der Waals surface area contributed by atoms with Gasteiger partial charge in [0.2, 0.25) is 0 Å². The van der Waals surface area contributed by atoms with Crippen LogP contribution < -0.4 is 10.2 Å². The number of methoxy groups -OCH3 is 1. The van der Waals surface area contributed by atoms with E-state index in [0.29, 0.717) is 11.3 Å². The van der Waals surface area contributed by atoms with Crippen molar-refractivity contribution in [3.8, 4) is 17.0 Å². The summed E-state index contributed by atoms with van der Waals surface area (Å²) in [5.74, 6) is 0.470. The standard InChI is InChI=1S/C26H21N3O2/c1-31-21-15-13-20(14-16-21)25-18-23(22-11-5-6-12-24(22)28-25)26(30)29-27-17-7-10-19-8-3-2-4-9-19/h2-18H,1H3,(H,29,30)/b10-7+,27-17-. The molecule has 152 valence electrons. The number of allylic oxidation sites excluding steroid dienone is 1. The molecule has 0 fully saturated rings. The van der Waals surface area contributed by atoms with Crippen molar-refractivity contribution in [2.75, 3.05) is 7.11 Å². The molecular weight excluding hydrogens is 386 g/mol. The summed E-state index contributed by atoms with van der Waals surface area (Å²) in [6, 6.07) is 26.8. The zero-order chi connectivity index (χ0) is 21.5. The molecule has 0 saturated heterocycles. The summed E-state index contributed by atoms with van der Waals surface area (Å²) in [7, 11) is 1.63. The van der Waals surface area contributed by atoms with Gasteiger partial charge >= 0.3 is 0 Å². The van der Waals surface area contributed by atoms with E-state index in [9.17, 15) is 4.79 Å². The fraction of sp³-hybridized carbons (Fsp3) is 0.0385. The summed E-state index contributed by atoms with van der Waals surface area (Å²) in [6.45, 7) is 0. The van der Waals surface area contributed by atoms with Crippen LogP contribution in [0.15, 0.2) is 96.1 Å². The number of hydrazone groups is 1. The second-order valence-electron chi connectivity index (χ2n) is 6.79. The maximum absolute atomic E-state index is 12.9. The lowest BCUT2D eigenvalue weighted by atomic mass is 10.0. The average Bonchev–Trinajstić information content (AvgIpc) is 2.83. The highest BCUT2D eigenvalue weighted by molar-refractivity contribution is 6.07. The van der Waals surface area contributed by atoms with Crippen LogP contribution >= 0.6 is 0 Å². The molecule has 3 aromatic carbocycles. The van der Waals surface area contributed by atoms with E-state index in [2.05, 4.69) is 10.5 Å². The van der Waals surface area contributed by atoms with Crippen LogP contribution in [0.1, 0.15) is 15.9 Å². The first-order chi connectivity index (χ1) is 15.2. The van der Waals surface area contributed by atoms with Crippen molar-refractivity contribution in [2.24, 2.45) is 5.10 Å². The molecule has 0 spiro atoms. The van der Waals surface area contributed by atoms with Crippen molar-refractivity contribution in [3.63, 3.8) is 0 Å². The Bertz CT molecular complexity index is 1250. The van der Waals surface area contributed by atoms with Crippen LogP contribution in [-0.4, -0.2) is 24.2 Å². The largest absolute Gasteiger partial charge is 0.497 e. The van der Waals surface area contributed by atoms with E-state index in [-0.39, 0.29) is 5.91 Å². The third-order valence-corrected chi connectivity index (χ3v) is 4.76. The van der Waals surface area contributed by atoms with Gasteiger partial charge in [-0.2, -0.15) is 5.10 Å². The van der Waals surface area contributed by atoms with Crippen molar-refractivity contribution in [1.29, 1.82) is 0 Å². The predicted molar refractivity (Wildman–Crippen MR) is 125 cm³/mol. The Balaban J connectivity index is 1.58. The number of fused-ring (bicyclic) bond motifs is 1. The molecule has 0 radical (unpaired) electrons. The SMILES string of the molecule is COc1ccc(-c2cc(C(=O)N/N=C\C=C\c3ccccc3)c3ccccc3n2)cc1. The number of carbonyl (C=O) groups is 1. The molecule has 0 atom stereocenters. The zero-order valence-electron chi connectivity index (χ0n) is 17.0. The van der Waals surface area contributed by atoms with Crippen molar-refractivity contribution in [2.45, 2.75) is 0 Å². The Morgan fingerprint density at radius 3 is 2.48 bits per heavy atom. The highest BCUT2D eigenvalue weighted by atomic mass is 16.5. The number of hydrogen-bond acceptors (Lipinski definition) is 4. The summed E-state index contributed by atoms with van der Waals surface area (Å²) < 4.78 is 5.22. The summed E-state index contributed by atoms with van der Waals surface area (Å²) in [5, 5.41) is 4.82. The summed E-state index contributed by atoms with van der Waals surface area (Å²) in [6.07, 6.45) is 5.25. The van der Waals surface area contributed by atoms with E-state index < -0.39 is 0 Å². The Hall–Kier alpha value is -4.25. The number of hydrogen-bond donors (Lipinski definition) is 1. The molecule has 5 heteroatoms. The molecule has 0 saturated carbocycles. The number of para-hydroxylation sites is 1. The van der Waals surface area contributed by atoms with Crippen molar-refractivity contribution in [1.82, 2.24) is 10.4 Å². The second-order valence-corrected chi connectivity index (χ2v) is 6.79. The molecular formula is C26H21N3O2. The number of nitrogens with zero attached hydrogens (tertiary/aromatic N) is 2. The van der Waals surface area contributed by atoms with Gasteiger partial charge in [0.15, 0.2) is 0 Å². The zero-order valence-corrected chi connectivity index (χ0v) is 17.0. The minimum Gasteiger partial charge on any atom is -0.497 e. The van der Waals surface area contributed by atoms with Crippen LogP contribution in [0.3, 0.4) is 0 Å². The topological polar surface area (TPSA) is 63.6 Å². The van der Waals surface area contributed by atoms with E-state index in [1.54, 1.807) is 25.5 Å². The van der Waals surface area contributed by atoms with Gasteiger partial charge in [0, 0.05) is 17.2 Å². The monoisotopic (exact) mass is 407 g/mol. The number of rotatable bonds is 6. The normalized spacial score (nSPS) is 11.3. The van der Waals surface area contributed by atoms with Crippen molar-refractivity contribution < 1.29 is 9.53 Å². The Kier molecular flexibility index (Phi) is 6.14. The summed E-state index contributed by atoms with van der Waals surface area (Å²) in [4.78, 5) is 17.6. The molecule has 0 aliphatic heterocycles. The van der Waals surface area contributed by atoms with Crippen LogP contribution in [-0.2, 0) is 0 Å². The maximum Gasteiger partial charge on any atom is 0.272 e. The first-order valence-electron chi connectivity index (χ1n) is 9.84. The molecule has 1 N–H and O–H groups in total. The molecule has 0 aliphatic carbocycles. The van der Waals surface area contributed by atoms with Crippen molar-refractivity contribution >= 4 is 29.1 Å². The quantitative estimate of drug-likeness (QED) is 0.347. The van der Waals surface area contributed by atoms with E-state index in [0.717, 1.165) is 27.8 Å². The Labute approximate surface area is 180 Å². The summed E-state index contributed by atoms with van der Waals surface area (Å²) >= 11 is 0. The smallest absolute Gasteiger partial charge is 0.272 e. The third-order valence-electron chi connectivity index (χ3n) is 4.76. The third kappa shape index (κ3) is 4.85. The van der Waals surface area contributed by atoms with Gasteiger partial charge in [-0.3, -0.25) is 4.79 Å². The molecule has 1 aromatic heterocycles. The Morgan fingerprint density at radius 2 is 1.71 bits per heavy atom. The van der Waals surface area contributed by atoms with Gasteiger partial charge in [0.25, 0.3) is 5.91 Å². The van der Waals surface area contributed by atoms with E-state index >= 15 is 0 Å². The number of carbonyl (C=O) groups excluding carboxylic acids is 1. The number of amides is 1. The van der Waals surface area contributed by atoms with Gasteiger partial charge in [-0.15, -0.1) is 0 Å². The van der Waals surface area contributed by atoms with Crippen LogP contribution in [0.4, 0.5) is 0 Å². The van der Waals surface area contributed by atoms with Crippen LogP contribution in [0.25, 0.3) is 28.2 Å².